The predicted molar refractivity (Wildman–Crippen MR) is 102 cm³/mol. The molecule has 6 nitrogen and oxygen atoms in total. The highest BCUT2D eigenvalue weighted by molar-refractivity contribution is 7.18. The first-order valence-electron chi connectivity index (χ1n) is 7.92. The maximum absolute atomic E-state index is 12.3. The second-order valence-corrected chi connectivity index (χ2v) is 6.74. The summed E-state index contributed by atoms with van der Waals surface area (Å²) < 4.78 is 10.6. The van der Waals surface area contributed by atoms with Crippen LogP contribution < -0.4 is 15.7 Å². The Hall–Kier alpha value is -3.19. The van der Waals surface area contributed by atoms with Crippen molar-refractivity contribution in [3.63, 3.8) is 0 Å². The standard InChI is InChI=1S/C19H15N3O3S/c1-11-4-3-5-13(8-11)20-19-22-21-17(26-19)15-10-12-9-14(24-2)6-7-16(12)25-18(15)23/h3-10H,1-2H3,(H,20,22). The number of aryl methyl sites for hydroxylation is 1. The van der Waals surface area contributed by atoms with Crippen LogP contribution in [0, 0.1) is 6.92 Å². The minimum atomic E-state index is -0.444. The fourth-order valence-electron chi connectivity index (χ4n) is 2.61. The average Bonchev–Trinajstić information content (AvgIpc) is 3.09. The second-order valence-electron chi connectivity index (χ2n) is 5.76. The Kier molecular flexibility index (Phi) is 4.14. The van der Waals surface area contributed by atoms with Crippen molar-refractivity contribution in [3.8, 4) is 16.3 Å². The van der Waals surface area contributed by atoms with Crippen molar-refractivity contribution >= 4 is 33.1 Å². The Morgan fingerprint density at radius 1 is 1.12 bits per heavy atom. The third-order valence-electron chi connectivity index (χ3n) is 3.86. The van der Waals surface area contributed by atoms with Gasteiger partial charge in [-0.05, 0) is 48.9 Å². The van der Waals surface area contributed by atoms with Gasteiger partial charge in [-0.1, -0.05) is 23.5 Å². The van der Waals surface area contributed by atoms with E-state index in [1.54, 1.807) is 25.3 Å². The maximum atomic E-state index is 12.3. The number of hydrogen-bond donors (Lipinski definition) is 1. The van der Waals surface area contributed by atoms with Crippen LogP contribution in [0.2, 0.25) is 0 Å². The van der Waals surface area contributed by atoms with E-state index in [1.165, 1.54) is 11.3 Å². The van der Waals surface area contributed by atoms with Gasteiger partial charge in [0.2, 0.25) is 5.13 Å². The number of anilines is 2. The van der Waals surface area contributed by atoms with Gasteiger partial charge in [-0.3, -0.25) is 0 Å². The molecule has 0 saturated carbocycles. The molecule has 130 valence electrons. The number of ether oxygens (including phenoxy) is 1. The molecule has 26 heavy (non-hydrogen) atoms. The van der Waals surface area contributed by atoms with Crippen molar-refractivity contribution < 1.29 is 9.15 Å². The van der Waals surface area contributed by atoms with Gasteiger partial charge < -0.3 is 14.5 Å². The molecule has 0 atom stereocenters. The lowest BCUT2D eigenvalue weighted by atomic mass is 10.2. The molecule has 0 saturated heterocycles. The fraction of sp³-hybridized carbons (Fsp3) is 0.105. The number of hydrogen-bond acceptors (Lipinski definition) is 7. The fourth-order valence-corrected chi connectivity index (χ4v) is 3.37. The number of aromatic nitrogens is 2. The lowest BCUT2D eigenvalue weighted by Crippen LogP contribution is -2.02. The van der Waals surface area contributed by atoms with Crippen molar-refractivity contribution in [2.75, 3.05) is 12.4 Å². The highest BCUT2D eigenvalue weighted by Crippen LogP contribution is 2.29. The zero-order valence-corrected chi connectivity index (χ0v) is 15.0. The van der Waals surface area contributed by atoms with E-state index in [9.17, 15) is 4.79 Å². The van der Waals surface area contributed by atoms with Crippen LogP contribution in [0.15, 0.2) is 57.7 Å². The van der Waals surface area contributed by atoms with Crippen LogP contribution in [0.1, 0.15) is 5.56 Å². The van der Waals surface area contributed by atoms with Crippen molar-refractivity contribution in [2.45, 2.75) is 6.92 Å². The van der Waals surface area contributed by atoms with Crippen LogP contribution in [0.3, 0.4) is 0 Å². The molecule has 0 bridgehead atoms. The molecule has 0 aliphatic carbocycles. The number of benzene rings is 2. The van der Waals surface area contributed by atoms with Gasteiger partial charge >= 0.3 is 5.63 Å². The zero-order chi connectivity index (χ0) is 18.1. The summed E-state index contributed by atoms with van der Waals surface area (Å²) in [6.07, 6.45) is 0. The third-order valence-corrected chi connectivity index (χ3v) is 4.74. The second kappa shape index (κ2) is 6.61. The Balaban J connectivity index is 1.70. The van der Waals surface area contributed by atoms with E-state index < -0.39 is 5.63 Å². The van der Waals surface area contributed by atoms with Crippen LogP contribution in [-0.4, -0.2) is 17.3 Å². The number of methoxy groups -OCH3 is 1. The molecule has 0 radical (unpaired) electrons. The molecule has 4 rings (SSSR count). The summed E-state index contributed by atoms with van der Waals surface area (Å²) in [7, 11) is 1.59. The van der Waals surface area contributed by atoms with Crippen molar-refractivity contribution in [3.05, 3.63) is 64.5 Å². The van der Waals surface area contributed by atoms with Gasteiger partial charge in [-0.25, -0.2) is 4.79 Å². The Morgan fingerprint density at radius 2 is 2.00 bits per heavy atom. The topological polar surface area (TPSA) is 77.2 Å². The summed E-state index contributed by atoms with van der Waals surface area (Å²) >= 11 is 1.29. The van der Waals surface area contributed by atoms with Gasteiger partial charge in [0.25, 0.3) is 0 Å². The highest BCUT2D eigenvalue weighted by atomic mass is 32.1. The van der Waals surface area contributed by atoms with E-state index in [2.05, 4.69) is 15.5 Å². The number of rotatable bonds is 4. The van der Waals surface area contributed by atoms with E-state index in [-0.39, 0.29) is 0 Å². The zero-order valence-electron chi connectivity index (χ0n) is 14.1. The smallest absolute Gasteiger partial charge is 0.346 e. The maximum Gasteiger partial charge on any atom is 0.346 e. The summed E-state index contributed by atoms with van der Waals surface area (Å²) in [6.45, 7) is 2.02. The lowest BCUT2D eigenvalue weighted by Gasteiger charge is -2.03. The van der Waals surface area contributed by atoms with E-state index in [4.69, 9.17) is 9.15 Å². The van der Waals surface area contributed by atoms with Gasteiger partial charge in [-0.15, -0.1) is 10.2 Å². The molecule has 2 heterocycles. The van der Waals surface area contributed by atoms with E-state index in [1.807, 2.05) is 37.3 Å². The first-order chi connectivity index (χ1) is 12.6. The molecule has 0 unspecified atom stereocenters. The summed E-state index contributed by atoms with van der Waals surface area (Å²) in [4.78, 5) is 12.3. The van der Waals surface area contributed by atoms with Crippen LogP contribution >= 0.6 is 11.3 Å². The first kappa shape index (κ1) is 16.3. The molecular weight excluding hydrogens is 350 g/mol. The molecule has 2 aromatic carbocycles. The number of nitrogens with one attached hydrogen (secondary N) is 1. The molecule has 0 fully saturated rings. The van der Waals surface area contributed by atoms with Gasteiger partial charge in [0, 0.05) is 11.1 Å². The van der Waals surface area contributed by atoms with Gasteiger partial charge in [0.15, 0.2) is 5.01 Å². The van der Waals surface area contributed by atoms with E-state index in [0.717, 1.165) is 16.6 Å². The molecule has 0 aliphatic rings. The highest BCUT2D eigenvalue weighted by Gasteiger charge is 2.14. The molecule has 0 aliphatic heterocycles. The third kappa shape index (κ3) is 3.16. The molecule has 1 N–H and O–H groups in total. The first-order valence-corrected chi connectivity index (χ1v) is 8.73. The summed E-state index contributed by atoms with van der Waals surface area (Å²) in [6, 6.07) is 15.0. The van der Waals surface area contributed by atoms with E-state index >= 15 is 0 Å². The van der Waals surface area contributed by atoms with Crippen molar-refractivity contribution in [1.82, 2.24) is 10.2 Å². The molecule has 0 spiro atoms. The van der Waals surface area contributed by atoms with E-state index in [0.29, 0.717) is 27.0 Å². The molecule has 7 heteroatoms. The molecule has 4 aromatic rings. The number of nitrogens with zero attached hydrogens (tertiary/aromatic N) is 2. The minimum Gasteiger partial charge on any atom is -0.497 e. The Labute approximate surface area is 153 Å². The monoisotopic (exact) mass is 365 g/mol. The van der Waals surface area contributed by atoms with Crippen LogP contribution in [0.4, 0.5) is 10.8 Å². The molecule has 0 amide bonds. The van der Waals surface area contributed by atoms with Crippen molar-refractivity contribution in [2.24, 2.45) is 0 Å². The quantitative estimate of drug-likeness (QED) is 0.541. The SMILES string of the molecule is COc1ccc2oc(=O)c(-c3nnc(Nc4cccc(C)c4)s3)cc2c1. The predicted octanol–water partition coefficient (Wildman–Crippen LogP) is 4.37. The Morgan fingerprint density at radius 3 is 2.81 bits per heavy atom. The van der Waals surface area contributed by atoms with Crippen LogP contribution in [-0.2, 0) is 0 Å². The van der Waals surface area contributed by atoms with Gasteiger partial charge in [0.05, 0.1) is 12.7 Å². The summed E-state index contributed by atoms with van der Waals surface area (Å²) in [5.41, 5.74) is 2.50. The largest absolute Gasteiger partial charge is 0.497 e. The number of fused-ring (bicyclic) bond motifs is 1. The average molecular weight is 365 g/mol. The Bertz CT molecular complexity index is 1150. The lowest BCUT2D eigenvalue weighted by molar-refractivity contribution is 0.415. The normalized spacial score (nSPS) is 10.8. The van der Waals surface area contributed by atoms with Crippen LogP contribution in [0.25, 0.3) is 21.5 Å². The van der Waals surface area contributed by atoms with Crippen molar-refractivity contribution in [1.29, 1.82) is 0 Å². The molecular formula is C19H15N3O3S. The molecule has 2 aromatic heterocycles. The van der Waals surface area contributed by atoms with Gasteiger partial charge in [-0.2, -0.15) is 0 Å². The van der Waals surface area contributed by atoms with Gasteiger partial charge in [0.1, 0.15) is 11.3 Å². The summed E-state index contributed by atoms with van der Waals surface area (Å²) in [5, 5.41) is 13.3. The minimum absolute atomic E-state index is 0.376. The summed E-state index contributed by atoms with van der Waals surface area (Å²) in [5.74, 6) is 0.691. The van der Waals surface area contributed by atoms with Crippen LogP contribution in [0.5, 0.6) is 5.75 Å².